The van der Waals surface area contributed by atoms with E-state index in [-0.39, 0.29) is 18.0 Å². The molecule has 0 radical (unpaired) electrons. The molecule has 1 aromatic carbocycles. The van der Waals surface area contributed by atoms with Crippen molar-refractivity contribution in [3.8, 4) is 0 Å². The zero-order valence-electron chi connectivity index (χ0n) is 17.3. The van der Waals surface area contributed by atoms with Gasteiger partial charge in [-0.3, -0.25) is 4.79 Å². The lowest BCUT2D eigenvalue weighted by Crippen LogP contribution is -2.45. The minimum atomic E-state index is -0.195. The Bertz CT molecular complexity index is 784. The molecule has 6 nitrogen and oxygen atoms in total. The molecule has 3 aliphatic rings. The number of amides is 3. The quantitative estimate of drug-likeness (QED) is 0.732. The summed E-state index contributed by atoms with van der Waals surface area (Å²) in [4.78, 5) is 32.1. The third-order valence-corrected chi connectivity index (χ3v) is 7.36. The number of hydrogen-bond acceptors (Lipinski definition) is 3. The number of nitrogens with zero attached hydrogens (tertiary/aromatic N) is 3. The van der Waals surface area contributed by atoms with Crippen LogP contribution in [0.5, 0.6) is 0 Å². The standard InChI is InChI=1S/C22H30Cl2N4O2/c23-19-7-4-16(14-20(19)24)25-22(30)27-13-9-21(29)28-17(5-6-18(28)15-27)8-12-26-10-2-1-3-11-26/h4,7,14,17-18H,1-3,5-6,8-13,15H2,(H,25,30)/t17-,18+/m1/s1. The van der Waals surface area contributed by atoms with Gasteiger partial charge in [-0.2, -0.15) is 0 Å². The van der Waals surface area contributed by atoms with Crippen LogP contribution in [0.2, 0.25) is 10.0 Å². The maximum absolute atomic E-state index is 12.9. The summed E-state index contributed by atoms with van der Waals surface area (Å²) in [6.07, 6.45) is 7.34. The summed E-state index contributed by atoms with van der Waals surface area (Å²) >= 11 is 12.0. The summed E-state index contributed by atoms with van der Waals surface area (Å²) in [7, 11) is 0. The lowest BCUT2D eigenvalue weighted by atomic mass is 10.1. The third kappa shape index (κ3) is 5.04. The highest BCUT2D eigenvalue weighted by molar-refractivity contribution is 6.42. The van der Waals surface area contributed by atoms with E-state index in [4.69, 9.17) is 23.2 Å². The van der Waals surface area contributed by atoms with E-state index < -0.39 is 0 Å². The molecule has 0 aliphatic carbocycles. The van der Waals surface area contributed by atoms with Gasteiger partial charge in [0.2, 0.25) is 5.91 Å². The minimum Gasteiger partial charge on any atom is -0.335 e. The second-order valence-electron chi connectivity index (χ2n) is 8.63. The van der Waals surface area contributed by atoms with Gasteiger partial charge in [-0.15, -0.1) is 0 Å². The van der Waals surface area contributed by atoms with Gasteiger partial charge in [0.25, 0.3) is 0 Å². The molecule has 0 unspecified atom stereocenters. The molecule has 3 saturated heterocycles. The number of carbonyl (C=O) groups is 2. The van der Waals surface area contributed by atoms with Crippen molar-refractivity contribution in [3.05, 3.63) is 28.2 Å². The Balaban J connectivity index is 1.35. The molecule has 3 aliphatic heterocycles. The Labute approximate surface area is 188 Å². The first-order valence-electron chi connectivity index (χ1n) is 11.1. The van der Waals surface area contributed by atoms with E-state index in [1.807, 2.05) is 0 Å². The van der Waals surface area contributed by atoms with Gasteiger partial charge in [0.05, 0.1) is 10.0 Å². The zero-order chi connectivity index (χ0) is 21.1. The number of anilines is 1. The summed E-state index contributed by atoms with van der Waals surface area (Å²) in [5.41, 5.74) is 0.604. The summed E-state index contributed by atoms with van der Waals surface area (Å²) in [6, 6.07) is 5.27. The average molecular weight is 453 g/mol. The molecule has 3 fully saturated rings. The van der Waals surface area contributed by atoms with Crippen molar-refractivity contribution in [2.45, 2.75) is 57.0 Å². The highest BCUT2D eigenvalue weighted by Crippen LogP contribution is 2.31. The number of likely N-dealkylation sites (tertiary alicyclic amines) is 1. The van der Waals surface area contributed by atoms with E-state index in [1.165, 1.54) is 32.4 Å². The Hall–Kier alpha value is -1.50. The molecule has 1 N–H and O–H groups in total. The first kappa shape index (κ1) is 21.7. The number of fused-ring (bicyclic) bond motifs is 1. The summed E-state index contributed by atoms with van der Waals surface area (Å²) in [5.74, 6) is 0.186. The molecular formula is C22H30Cl2N4O2. The first-order chi connectivity index (χ1) is 14.5. The van der Waals surface area contributed by atoms with Crippen molar-refractivity contribution in [2.24, 2.45) is 0 Å². The van der Waals surface area contributed by atoms with E-state index in [9.17, 15) is 9.59 Å². The zero-order valence-corrected chi connectivity index (χ0v) is 18.8. The topological polar surface area (TPSA) is 55.9 Å². The van der Waals surface area contributed by atoms with Gasteiger partial charge < -0.3 is 20.0 Å². The Morgan fingerprint density at radius 3 is 2.63 bits per heavy atom. The molecular weight excluding hydrogens is 423 g/mol. The molecule has 0 aromatic heterocycles. The molecule has 164 valence electrons. The van der Waals surface area contributed by atoms with Crippen LogP contribution in [0.4, 0.5) is 10.5 Å². The van der Waals surface area contributed by atoms with Crippen LogP contribution in [-0.4, -0.2) is 71.4 Å². The fourth-order valence-electron chi connectivity index (χ4n) is 5.01. The van der Waals surface area contributed by atoms with Gasteiger partial charge in [0, 0.05) is 43.8 Å². The molecule has 0 spiro atoms. The lowest BCUT2D eigenvalue weighted by molar-refractivity contribution is -0.133. The van der Waals surface area contributed by atoms with Gasteiger partial charge >= 0.3 is 6.03 Å². The van der Waals surface area contributed by atoms with E-state index >= 15 is 0 Å². The molecule has 1 aromatic rings. The van der Waals surface area contributed by atoms with Crippen LogP contribution in [0.3, 0.4) is 0 Å². The molecule has 0 saturated carbocycles. The van der Waals surface area contributed by atoms with Crippen molar-refractivity contribution in [3.63, 3.8) is 0 Å². The number of piperidine rings is 1. The van der Waals surface area contributed by atoms with Crippen LogP contribution in [0.25, 0.3) is 0 Å². The minimum absolute atomic E-state index is 0.117. The smallest absolute Gasteiger partial charge is 0.321 e. The van der Waals surface area contributed by atoms with Gasteiger partial charge in [0.1, 0.15) is 0 Å². The van der Waals surface area contributed by atoms with E-state index in [0.717, 1.165) is 25.8 Å². The Kier molecular flexibility index (Phi) is 7.06. The summed E-state index contributed by atoms with van der Waals surface area (Å²) < 4.78 is 0. The molecule has 3 amide bonds. The van der Waals surface area contributed by atoms with Gasteiger partial charge in [-0.1, -0.05) is 29.6 Å². The van der Waals surface area contributed by atoms with Crippen LogP contribution in [0.15, 0.2) is 18.2 Å². The highest BCUT2D eigenvalue weighted by atomic mass is 35.5. The van der Waals surface area contributed by atoms with Crippen molar-refractivity contribution < 1.29 is 9.59 Å². The molecule has 4 rings (SSSR count). The van der Waals surface area contributed by atoms with Crippen molar-refractivity contribution in [1.29, 1.82) is 0 Å². The predicted molar refractivity (Wildman–Crippen MR) is 120 cm³/mol. The predicted octanol–water partition coefficient (Wildman–Crippen LogP) is 4.47. The van der Waals surface area contributed by atoms with Crippen LogP contribution in [0, 0.1) is 0 Å². The van der Waals surface area contributed by atoms with Crippen molar-refractivity contribution in [1.82, 2.24) is 14.7 Å². The molecule has 30 heavy (non-hydrogen) atoms. The first-order valence-corrected chi connectivity index (χ1v) is 11.8. The Morgan fingerprint density at radius 1 is 1.07 bits per heavy atom. The molecule has 2 atom stereocenters. The fraction of sp³-hybridized carbons (Fsp3) is 0.636. The Morgan fingerprint density at radius 2 is 1.87 bits per heavy atom. The summed E-state index contributed by atoms with van der Waals surface area (Å²) in [5, 5.41) is 3.74. The number of rotatable bonds is 4. The number of carbonyl (C=O) groups excluding carboxylic acids is 2. The van der Waals surface area contributed by atoms with E-state index in [0.29, 0.717) is 41.3 Å². The maximum Gasteiger partial charge on any atom is 0.321 e. The van der Waals surface area contributed by atoms with Crippen LogP contribution in [0.1, 0.15) is 44.9 Å². The highest BCUT2D eigenvalue weighted by Gasteiger charge is 2.40. The normalized spacial score (nSPS) is 25.2. The number of urea groups is 1. The second kappa shape index (κ2) is 9.75. The van der Waals surface area contributed by atoms with Crippen molar-refractivity contribution >= 4 is 40.8 Å². The number of benzene rings is 1. The van der Waals surface area contributed by atoms with Crippen molar-refractivity contribution in [2.75, 3.05) is 38.0 Å². The third-order valence-electron chi connectivity index (χ3n) is 6.62. The summed E-state index contributed by atoms with van der Waals surface area (Å²) in [6.45, 7) is 4.47. The number of hydrogen-bond donors (Lipinski definition) is 1. The van der Waals surface area contributed by atoms with Crippen LogP contribution >= 0.6 is 23.2 Å². The van der Waals surface area contributed by atoms with E-state index in [2.05, 4.69) is 15.1 Å². The average Bonchev–Trinajstić information content (AvgIpc) is 3.07. The van der Waals surface area contributed by atoms with Gasteiger partial charge in [-0.25, -0.2) is 4.79 Å². The maximum atomic E-state index is 12.9. The van der Waals surface area contributed by atoms with Gasteiger partial charge in [0.15, 0.2) is 0 Å². The number of nitrogens with one attached hydrogen (secondary N) is 1. The van der Waals surface area contributed by atoms with Gasteiger partial charge in [-0.05, 0) is 63.4 Å². The monoisotopic (exact) mass is 452 g/mol. The molecule has 0 bridgehead atoms. The van der Waals surface area contributed by atoms with Crippen LogP contribution < -0.4 is 5.32 Å². The van der Waals surface area contributed by atoms with Crippen LogP contribution in [-0.2, 0) is 4.79 Å². The second-order valence-corrected chi connectivity index (χ2v) is 9.45. The fourth-order valence-corrected chi connectivity index (χ4v) is 5.31. The molecule has 3 heterocycles. The van der Waals surface area contributed by atoms with E-state index in [1.54, 1.807) is 23.1 Å². The lowest BCUT2D eigenvalue weighted by Gasteiger charge is -2.32. The SMILES string of the molecule is O=C(Nc1ccc(Cl)c(Cl)c1)N1CCC(=O)N2[C@@H](CCN3CCCCC3)CC[C@H]2C1. The molecule has 8 heteroatoms. The number of halogens is 2. The largest absolute Gasteiger partial charge is 0.335 e.